The predicted molar refractivity (Wildman–Crippen MR) is 70.4 cm³/mol. The molecule has 0 saturated carbocycles. The van der Waals surface area contributed by atoms with E-state index in [-0.39, 0.29) is 16.4 Å². The number of aryl methyl sites for hydroxylation is 1. The van der Waals surface area contributed by atoms with Gasteiger partial charge in [-0.2, -0.15) is 0 Å². The van der Waals surface area contributed by atoms with Crippen molar-refractivity contribution in [2.24, 2.45) is 0 Å². The molecule has 2 aromatic carbocycles. The lowest BCUT2D eigenvalue weighted by molar-refractivity contribution is 0.103. The molecule has 0 unspecified atom stereocenters. The van der Waals surface area contributed by atoms with E-state index in [1.165, 1.54) is 12.1 Å². The fraction of sp³-hybridized carbons (Fsp3) is 0.0714. The van der Waals surface area contributed by atoms with Crippen LogP contribution in [0.3, 0.4) is 0 Å². The number of benzene rings is 2. The highest BCUT2D eigenvalue weighted by atomic mass is 35.5. The van der Waals surface area contributed by atoms with Crippen LogP contribution in [0.2, 0.25) is 5.02 Å². The third kappa shape index (κ3) is 2.36. The summed E-state index contributed by atoms with van der Waals surface area (Å²) in [6.07, 6.45) is 0. The Balaban J connectivity index is 2.48. The molecule has 0 saturated heterocycles. The molecule has 92 valence electrons. The monoisotopic (exact) mass is 263 g/mol. The summed E-state index contributed by atoms with van der Waals surface area (Å²) < 4.78 is 13.7. The van der Waals surface area contributed by atoms with E-state index in [4.69, 9.17) is 17.3 Å². The summed E-state index contributed by atoms with van der Waals surface area (Å²) in [6, 6.07) is 8.90. The molecule has 0 aliphatic rings. The van der Waals surface area contributed by atoms with Crippen LogP contribution in [0, 0.1) is 12.7 Å². The van der Waals surface area contributed by atoms with Crippen molar-refractivity contribution < 1.29 is 9.18 Å². The number of rotatable bonds is 2. The second-order valence-corrected chi connectivity index (χ2v) is 4.46. The average molecular weight is 264 g/mol. The fourth-order valence-electron chi connectivity index (χ4n) is 1.76. The lowest BCUT2D eigenvalue weighted by atomic mass is 9.98. The third-order valence-corrected chi connectivity index (χ3v) is 2.91. The molecule has 0 radical (unpaired) electrons. The Morgan fingerprint density at radius 2 is 1.83 bits per heavy atom. The molecule has 0 aromatic heterocycles. The number of hydrogen-bond acceptors (Lipinski definition) is 2. The molecule has 0 spiro atoms. The van der Waals surface area contributed by atoms with Crippen molar-refractivity contribution in [3.05, 3.63) is 63.9 Å². The van der Waals surface area contributed by atoms with Gasteiger partial charge in [0, 0.05) is 16.3 Å². The molecule has 2 aromatic rings. The van der Waals surface area contributed by atoms with E-state index in [1.807, 2.05) is 0 Å². The number of carbonyl (C=O) groups excluding carboxylic acids is 1. The second-order valence-electron chi connectivity index (χ2n) is 4.03. The zero-order valence-corrected chi connectivity index (χ0v) is 10.5. The van der Waals surface area contributed by atoms with Gasteiger partial charge in [-0.25, -0.2) is 4.39 Å². The van der Waals surface area contributed by atoms with E-state index in [2.05, 4.69) is 0 Å². The Bertz CT molecular complexity index is 572. The second kappa shape index (κ2) is 4.78. The van der Waals surface area contributed by atoms with Gasteiger partial charge in [0.1, 0.15) is 5.82 Å². The van der Waals surface area contributed by atoms with Gasteiger partial charge in [-0.15, -0.1) is 0 Å². The van der Waals surface area contributed by atoms with Crippen LogP contribution in [0.5, 0.6) is 0 Å². The van der Waals surface area contributed by atoms with Crippen molar-refractivity contribution in [1.82, 2.24) is 0 Å². The van der Waals surface area contributed by atoms with E-state index in [9.17, 15) is 9.18 Å². The third-order valence-electron chi connectivity index (χ3n) is 2.67. The minimum atomic E-state index is -0.622. The Morgan fingerprint density at radius 1 is 1.17 bits per heavy atom. The van der Waals surface area contributed by atoms with Gasteiger partial charge in [-0.1, -0.05) is 11.6 Å². The highest BCUT2D eigenvalue weighted by Gasteiger charge is 2.16. The number of nitrogens with two attached hydrogens (primary N) is 1. The molecule has 0 heterocycles. The van der Waals surface area contributed by atoms with Crippen LogP contribution in [0.1, 0.15) is 21.5 Å². The molecule has 18 heavy (non-hydrogen) atoms. The molecule has 0 atom stereocenters. The molecule has 0 bridgehead atoms. The summed E-state index contributed by atoms with van der Waals surface area (Å²) in [6.45, 7) is 1.76. The minimum Gasteiger partial charge on any atom is -0.399 e. The lowest BCUT2D eigenvalue weighted by Gasteiger charge is -2.07. The zero-order chi connectivity index (χ0) is 13.3. The molecule has 2 rings (SSSR count). The number of hydrogen-bond donors (Lipinski definition) is 1. The maximum Gasteiger partial charge on any atom is 0.196 e. The molecule has 2 nitrogen and oxygen atoms in total. The number of ketones is 1. The largest absolute Gasteiger partial charge is 0.399 e. The molecule has 0 fully saturated rings. The summed E-state index contributed by atoms with van der Waals surface area (Å²) in [5, 5.41) is 0.262. The Hall–Kier alpha value is -1.87. The van der Waals surface area contributed by atoms with Crippen LogP contribution < -0.4 is 5.73 Å². The number of carbonyl (C=O) groups is 1. The van der Waals surface area contributed by atoms with Crippen molar-refractivity contribution >= 4 is 23.1 Å². The summed E-state index contributed by atoms with van der Waals surface area (Å²) in [7, 11) is 0. The first-order valence-corrected chi connectivity index (χ1v) is 5.72. The normalized spacial score (nSPS) is 10.4. The molecular formula is C14H11ClFNO. The van der Waals surface area contributed by atoms with Crippen molar-refractivity contribution in [3.63, 3.8) is 0 Å². The fourth-order valence-corrected chi connectivity index (χ4v) is 1.92. The van der Waals surface area contributed by atoms with Crippen molar-refractivity contribution in [2.45, 2.75) is 6.92 Å². The topological polar surface area (TPSA) is 43.1 Å². The van der Waals surface area contributed by atoms with E-state index in [1.54, 1.807) is 25.1 Å². The molecule has 4 heteroatoms. The SMILES string of the molecule is Cc1cc(N)ccc1C(=O)c1ccc(Cl)cc1F. The van der Waals surface area contributed by atoms with Gasteiger partial charge < -0.3 is 5.73 Å². The van der Waals surface area contributed by atoms with Gasteiger partial charge in [0.05, 0.1) is 5.56 Å². The van der Waals surface area contributed by atoms with Crippen LogP contribution >= 0.6 is 11.6 Å². The quantitative estimate of drug-likeness (QED) is 0.664. The van der Waals surface area contributed by atoms with E-state index < -0.39 is 5.82 Å². The maximum atomic E-state index is 13.7. The first-order valence-electron chi connectivity index (χ1n) is 5.35. The molecule has 0 aliphatic heterocycles. The standard InChI is InChI=1S/C14H11ClFNO/c1-8-6-10(17)3-5-11(8)14(18)12-4-2-9(15)7-13(12)16/h2-7H,17H2,1H3. The Kier molecular flexibility index (Phi) is 3.34. The highest BCUT2D eigenvalue weighted by molar-refractivity contribution is 6.30. The lowest BCUT2D eigenvalue weighted by Crippen LogP contribution is -2.06. The number of nitrogen functional groups attached to an aromatic ring is 1. The van der Waals surface area contributed by atoms with E-state index in [0.29, 0.717) is 16.8 Å². The van der Waals surface area contributed by atoms with Gasteiger partial charge in [-0.05, 0) is 48.9 Å². The van der Waals surface area contributed by atoms with Crippen LogP contribution in [-0.2, 0) is 0 Å². The smallest absolute Gasteiger partial charge is 0.196 e. The summed E-state index contributed by atoms with van der Waals surface area (Å²) >= 11 is 5.65. The molecule has 0 aliphatic carbocycles. The molecular weight excluding hydrogens is 253 g/mol. The van der Waals surface area contributed by atoms with Crippen LogP contribution in [-0.4, -0.2) is 5.78 Å². The van der Waals surface area contributed by atoms with Gasteiger partial charge in [0.15, 0.2) is 5.78 Å². The van der Waals surface area contributed by atoms with Gasteiger partial charge in [0.25, 0.3) is 0 Å². The molecule has 2 N–H and O–H groups in total. The van der Waals surface area contributed by atoms with Crippen molar-refractivity contribution in [2.75, 3.05) is 5.73 Å². The van der Waals surface area contributed by atoms with E-state index in [0.717, 1.165) is 6.07 Å². The Labute approximate surface area is 109 Å². The van der Waals surface area contributed by atoms with Gasteiger partial charge in [-0.3, -0.25) is 4.79 Å². The average Bonchev–Trinajstić information content (AvgIpc) is 2.28. The first kappa shape index (κ1) is 12.6. The maximum absolute atomic E-state index is 13.7. The summed E-state index contributed by atoms with van der Waals surface area (Å²) in [4.78, 5) is 12.2. The van der Waals surface area contributed by atoms with Crippen LogP contribution in [0.25, 0.3) is 0 Å². The summed E-state index contributed by atoms with van der Waals surface area (Å²) in [5.41, 5.74) is 7.34. The Morgan fingerprint density at radius 3 is 2.44 bits per heavy atom. The zero-order valence-electron chi connectivity index (χ0n) is 9.71. The predicted octanol–water partition coefficient (Wildman–Crippen LogP) is 3.60. The number of halogens is 2. The van der Waals surface area contributed by atoms with E-state index >= 15 is 0 Å². The summed E-state index contributed by atoms with van der Waals surface area (Å²) in [5.74, 6) is -0.995. The van der Waals surface area contributed by atoms with Gasteiger partial charge >= 0.3 is 0 Å². The molecule has 0 amide bonds. The minimum absolute atomic E-state index is 0.00673. The van der Waals surface area contributed by atoms with Crippen LogP contribution in [0.4, 0.5) is 10.1 Å². The highest BCUT2D eigenvalue weighted by Crippen LogP contribution is 2.21. The number of anilines is 1. The van der Waals surface area contributed by atoms with Gasteiger partial charge in [0.2, 0.25) is 0 Å². The van der Waals surface area contributed by atoms with Crippen LogP contribution in [0.15, 0.2) is 36.4 Å². The van der Waals surface area contributed by atoms with Crippen molar-refractivity contribution in [3.8, 4) is 0 Å². The first-order chi connectivity index (χ1) is 8.49. The van der Waals surface area contributed by atoms with Crippen molar-refractivity contribution in [1.29, 1.82) is 0 Å².